The summed E-state index contributed by atoms with van der Waals surface area (Å²) in [5.74, 6) is 0.551. The van der Waals surface area contributed by atoms with Crippen LogP contribution in [-0.4, -0.2) is 27.5 Å². The number of nitrogens with one attached hydrogen (secondary N) is 1. The maximum atomic E-state index is 12.7. The number of oxazole rings is 1. The Balaban J connectivity index is 1.91. The molecule has 0 aliphatic heterocycles. The molecule has 26 heavy (non-hydrogen) atoms. The Hall–Kier alpha value is -2.51. The zero-order valence-electron chi connectivity index (χ0n) is 14.5. The highest BCUT2D eigenvalue weighted by Crippen LogP contribution is 2.34. The van der Waals surface area contributed by atoms with Gasteiger partial charge in [0.05, 0.1) is 21.3 Å². The van der Waals surface area contributed by atoms with Gasteiger partial charge in [-0.2, -0.15) is 0 Å². The molecular weight excluding hydrogens is 374 g/mol. The van der Waals surface area contributed by atoms with Gasteiger partial charge in [0, 0.05) is 26.6 Å². The molecule has 136 valence electrons. The monoisotopic (exact) mass is 391 g/mol. The van der Waals surface area contributed by atoms with Crippen LogP contribution in [0.15, 0.2) is 58.0 Å². The number of benzene rings is 2. The first-order valence-corrected chi connectivity index (χ1v) is 9.65. The van der Waals surface area contributed by atoms with Gasteiger partial charge in [-0.3, -0.25) is 4.72 Å². The summed E-state index contributed by atoms with van der Waals surface area (Å²) in [6, 6.07) is 11.5. The lowest BCUT2D eigenvalue weighted by Gasteiger charge is -2.20. The van der Waals surface area contributed by atoms with Crippen LogP contribution in [0.25, 0.3) is 11.3 Å². The van der Waals surface area contributed by atoms with Crippen molar-refractivity contribution in [1.29, 1.82) is 0 Å². The molecule has 0 saturated heterocycles. The average Bonchev–Trinajstić information content (AvgIpc) is 3.01. The van der Waals surface area contributed by atoms with E-state index in [1.54, 1.807) is 56.3 Å². The number of hydrogen-bond acceptors (Lipinski definition) is 5. The first kappa shape index (κ1) is 18.3. The topological polar surface area (TPSA) is 75.4 Å². The van der Waals surface area contributed by atoms with Gasteiger partial charge in [-0.15, -0.1) is 0 Å². The normalized spacial score (nSPS) is 11.4. The van der Waals surface area contributed by atoms with Crippen LogP contribution in [0.2, 0.25) is 5.02 Å². The number of para-hydroxylation sites is 1. The molecule has 1 N–H and O–H groups in total. The van der Waals surface area contributed by atoms with E-state index in [-0.39, 0.29) is 4.90 Å². The van der Waals surface area contributed by atoms with Gasteiger partial charge in [0.15, 0.2) is 5.89 Å². The Bertz CT molecular complexity index is 1030. The van der Waals surface area contributed by atoms with Crippen molar-refractivity contribution in [3.63, 3.8) is 0 Å². The third-order valence-corrected chi connectivity index (χ3v) is 5.44. The van der Waals surface area contributed by atoms with E-state index >= 15 is 0 Å². The molecule has 3 rings (SSSR count). The Morgan fingerprint density at radius 3 is 2.38 bits per heavy atom. The van der Waals surface area contributed by atoms with Gasteiger partial charge in [0.2, 0.25) is 0 Å². The lowest BCUT2D eigenvalue weighted by Crippen LogP contribution is -2.17. The minimum atomic E-state index is -3.76. The molecule has 0 unspecified atom stereocenters. The van der Waals surface area contributed by atoms with E-state index in [1.165, 1.54) is 18.4 Å². The summed E-state index contributed by atoms with van der Waals surface area (Å²) in [7, 11) is -0.160. The number of hydrogen-bond donors (Lipinski definition) is 1. The second-order valence-corrected chi connectivity index (χ2v) is 8.00. The lowest BCUT2D eigenvalue weighted by molar-refractivity contribution is 0.521. The zero-order chi connectivity index (χ0) is 18.9. The summed E-state index contributed by atoms with van der Waals surface area (Å²) in [6.07, 6.45) is 1.53. The van der Waals surface area contributed by atoms with Gasteiger partial charge in [0.1, 0.15) is 12.0 Å². The highest BCUT2D eigenvalue weighted by atomic mass is 35.5. The standard InChI is InChI=1S/C18H18ClN3O3S/c1-12-20-17(11-25-12)13-7-9-14(10-8-13)26(23,24)21-16-6-4-5-15(19)18(16)22(2)3/h4-11,21H,1-3H3. The molecule has 0 atom stereocenters. The molecule has 0 bridgehead atoms. The van der Waals surface area contributed by atoms with Crippen LogP contribution in [0.3, 0.4) is 0 Å². The van der Waals surface area contributed by atoms with Crippen molar-refractivity contribution in [3.8, 4) is 11.3 Å². The number of halogens is 1. The third-order valence-electron chi connectivity index (χ3n) is 3.76. The van der Waals surface area contributed by atoms with E-state index < -0.39 is 10.0 Å². The average molecular weight is 392 g/mol. The first-order valence-electron chi connectivity index (χ1n) is 7.79. The molecule has 0 fully saturated rings. The third kappa shape index (κ3) is 3.68. The van der Waals surface area contributed by atoms with Gasteiger partial charge in [-0.25, -0.2) is 13.4 Å². The van der Waals surface area contributed by atoms with Gasteiger partial charge in [-0.1, -0.05) is 29.8 Å². The number of aromatic nitrogens is 1. The molecule has 2 aromatic carbocycles. The summed E-state index contributed by atoms with van der Waals surface area (Å²) in [6.45, 7) is 1.75. The van der Waals surface area contributed by atoms with E-state index in [1.807, 2.05) is 0 Å². The molecule has 0 amide bonds. The second-order valence-electron chi connectivity index (χ2n) is 5.91. The number of nitrogens with zero attached hydrogens (tertiary/aromatic N) is 2. The van der Waals surface area contributed by atoms with Crippen molar-refractivity contribution >= 4 is 33.0 Å². The van der Waals surface area contributed by atoms with Crippen LogP contribution >= 0.6 is 11.6 Å². The van der Waals surface area contributed by atoms with Crippen LogP contribution in [0, 0.1) is 6.92 Å². The van der Waals surface area contributed by atoms with Crippen LogP contribution in [0.5, 0.6) is 0 Å². The molecule has 0 aliphatic carbocycles. The Labute approximate surface area is 157 Å². The summed E-state index contributed by atoms with van der Waals surface area (Å²) >= 11 is 6.20. The largest absolute Gasteiger partial charge is 0.449 e. The fourth-order valence-corrected chi connectivity index (χ4v) is 3.97. The van der Waals surface area contributed by atoms with Gasteiger partial charge in [-0.05, 0) is 24.3 Å². The predicted molar refractivity (Wildman–Crippen MR) is 103 cm³/mol. The smallest absolute Gasteiger partial charge is 0.261 e. The van der Waals surface area contributed by atoms with Gasteiger partial charge in [0.25, 0.3) is 10.0 Å². The van der Waals surface area contributed by atoms with Crippen molar-refractivity contribution in [2.45, 2.75) is 11.8 Å². The Kier molecular flexibility index (Phi) is 4.93. The van der Waals surface area contributed by atoms with Crippen molar-refractivity contribution in [3.05, 3.63) is 59.6 Å². The number of sulfonamides is 1. The molecule has 0 spiro atoms. The minimum absolute atomic E-state index is 0.145. The Morgan fingerprint density at radius 1 is 1.12 bits per heavy atom. The quantitative estimate of drug-likeness (QED) is 0.706. The van der Waals surface area contributed by atoms with E-state index in [0.717, 1.165) is 5.56 Å². The van der Waals surface area contributed by atoms with Crippen LogP contribution in [-0.2, 0) is 10.0 Å². The van der Waals surface area contributed by atoms with Crippen molar-refractivity contribution < 1.29 is 12.8 Å². The first-order chi connectivity index (χ1) is 12.3. The van der Waals surface area contributed by atoms with Gasteiger partial charge < -0.3 is 9.32 Å². The van der Waals surface area contributed by atoms with E-state index in [4.69, 9.17) is 16.0 Å². The van der Waals surface area contributed by atoms with E-state index in [0.29, 0.717) is 28.0 Å². The lowest BCUT2D eigenvalue weighted by atomic mass is 10.2. The highest BCUT2D eigenvalue weighted by Gasteiger charge is 2.18. The summed E-state index contributed by atoms with van der Waals surface area (Å²) in [5.41, 5.74) is 2.45. The second kappa shape index (κ2) is 7.01. The van der Waals surface area contributed by atoms with Crippen molar-refractivity contribution in [1.82, 2.24) is 4.98 Å². The molecule has 1 aromatic heterocycles. The highest BCUT2D eigenvalue weighted by molar-refractivity contribution is 7.92. The molecule has 0 saturated carbocycles. The number of anilines is 2. The van der Waals surface area contributed by atoms with E-state index in [2.05, 4.69) is 9.71 Å². The molecular formula is C18H18ClN3O3S. The van der Waals surface area contributed by atoms with Crippen molar-refractivity contribution in [2.24, 2.45) is 0 Å². The minimum Gasteiger partial charge on any atom is -0.449 e. The summed E-state index contributed by atoms with van der Waals surface area (Å²) in [5, 5.41) is 0.465. The molecule has 1 heterocycles. The molecule has 6 nitrogen and oxygen atoms in total. The maximum Gasteiger partial charge on any atom is 0.261 e. The molecule has 0 aliphatic rings. The van der Waals surface area contributed by atoms with Crippen LogP contribution in [0.1, 0.15) is 5.89 Å². The van der Waals surface area contributed by atoms with Gasteiger partial charge >= 0.3 is 0 Å². The van der Waals surface area contributed by atoms with Crippen LogP contribution < -0.4 is 9.62 Å². The predicted octanol–water partition coefficient (Wildman–Crippen LogP) is 4.17. The van der Waals surface area contributed by atoms with Crippen LogP contribution in [0.4, 0.5) is 11.4 Å². The fraction of sp³-hybridized carbons (Fsp3) is 0.167. The molecule has 8 heteroatoms. The SMILES string of the molecule is Cc1nc(-c2ccc(S(=O)(=O)Nc3cccc(Cl)c3N(C)C)cc2)co1. The molecule has 0 radical (unpaired) electrons. The summed E-state index contributed by atoms with van der Waals surface area (Å²) < 4.78 is 33.2. The fourth-order valence-electron chi connectivity index (χ4n) is 2.56. The zero-order valence-corrected chi connectivity index (χ0v) is 16.1. The maximum absolute atomic E-state index is 12.7. The van der Waals surface area contributed by atoms with E-state index in [9.17, 15) is 8.42 Å². The molecule has 3 aromatic rings. The summed E-state index contributed by atoms with van der Waals surface area (Å²) in [4.78, 5) is 6.13. The number of rotatable bonds is 5. The van der Waals surface area contributed by atoms with Crippen molar-refractivity contribution in [2.75, 3.05) is 23.7 Å². The number of aryl methyl sites for hydroxylation is 1. The Morgan fingerprint density at radius 2 is 1.81 bits per heavy atom.